The molecule has 1 aromatic carbocycles. The monoisotopic (exact) mass is 226 g/mol. The maximum atomic E-state index is 12.2. The summed E-state index contributed by atoms with van der Waals surface area (Å²) in [6.07, 6.45) is 1.75. The fourth-order valence-electron chi connectivity index (χ4n) is 2.12. The van der Waals surface area contributed by atoms with Crippen molar-refractivity contribution in [1.29, 1.82) is 0 Å². The molecule has 0 saturated heterocycles. The third kappa shape index (κ3) is 1.35. The zero-order valence-corrected chi connectivity index (χ0v) is 9.32. The standard InChI is InChI=1S/C14H10O3/c1-8-6-11-12(15)9-4-2-3-5-10(9)13(16)14(11)17-7-8/h2-6H,7H2,1H3. The summed E-state index contributed by atoms with van der Waals surface area (Å²) >= 11 is 0. The second-order valence-corrected chi connectivity index (χ2v) is 4.23. The van der Waals surface area contributed by atoms with Crippen LogP contribution in [0.1, 0.15) is 27.6 Å². The number of ether oxygens (including phenoxy) is 1. The summed E-state index contributed by atoms with van der Waals surface area (Å²) in [6.45, 7) is 2.25. The molecule has 0 fully saturated rings. The van der Waals surface area contributed by atoms with Crippen molar-refractivity contribution in [3.8, 4) is 0 Å². The lowest BCUT2D eigenvalue weighted by molar-refractivity contribution is 0.0882. The van der Waals surface area contributed by atoms with E-state index in [9.17, 15) is 9.59 Å². The van der Waals surface area contributed by atoms with Crippen LogP contribution >= 0.6 is 0 Å². The lowest BCUT2D eigenvalue weighted by atomic mass is 9.86. The number of carbonyl (C=O) groups is 2. The van der Waals surface area contributed by atoms with Crippen molar-refractivity contribution in [2.45, 2.75) is 6.92 Å². The van der Waals surface area contributed by atoms with E-state index >= 15 is 0 Å². The summed E-state index contributed by atoms with van der Waals surface area (Å²) in [5.41, 5.74) is 2.23. The molecular formula is C14H10O3. The van der Waals surface area contributed by atoms with Crippen molar-refractivity contribution in [2.24, 2.45) is 0 Å². The highest BCUT2D eigenvalue weighted by atomic mass is 16.5. The molecule has 0 spiro atoms. The highest BCUT2D eigenvalue weighted by Crippen LogP contribution is 2.30. The Morgan fingerprint density at radius 3 is 2.41 bits per heavy atom. The first-order valence-corrected chi connectivity index (χ1v) is 5.41. The summed E-state index contributed by atoms with van der Waals surface area (Å²) < 4.78 is 5.37. The van der Waals surface area contributed by atoms with Crippen LogP contribution in [0.4, 0.5) is 0 Å². The molecule has 0 aromatic heterocycles. The zero-order chi connectivity index (χ0) is 12.0. The van der Waals surface area contributed by atoms with Crippen LogP contribution < -0.4 is 0 Å². The first kappa shape index (κ1) is 10.0. The second-order valence-electron chi connectivity index (χ2n) is 4.23. The molecule has 3 heteroatoms. The van der Waals surface area contributed by atoms with Crippen molar-refractivity contribution in [3.63, 3.8) is 0 Å². The molecule has 1 aliphatic heterocycles. The minimum absolute atomic E-state index is 0.130. The van der Waals surface area contributed by atoms with E-state index in [1.165, 1.54) is 0 Å². The van der Waals surface area contributed by atoms with Crippen LogP contribution in [0, 0.1) is 0 Å². The quantitative estimate of drug-likeness (QED) is 0.681. The third-order valence-corrected chi connectivity index (χ3v) is 2.95. The topological polar surface area (TPSA) is 43.4 Å². The van der Waals surface area contributed by atoms with Crippen LogP contribution in [0.2, 0.25) is 0 Å². The van der Waals surface area contributed by atoms with Gasteiger partial charge in [0.05, 0.1) is 5.57 Å². The molecule has 1 aromatic rings. The number of allylic oxidation sites excluding steroid dienone is 3. The number of carbonyl (C=O) groups excluding carboxylic acids is 2. The molecule has 0 amide bonds. The molecule has 3 rings (SSSR count). The molecule has 84 valence electrons. The minimum atomic E-state index is -0.195. The van der Waals surface area contributed by atoms with Crippen molar-refractivity contribution in [2.75, 3.05) is 6.61 Å². The number of fused-ring (bicyclic) bond motifs is 1. The van der Waals surface area contributed by atoms with Gasteiger partial charge in [-0.05, 0) is 18.6 Å². The van der Waals surface area contributed by atoms with Gasteiger partial charge in [0, 0.05) is 11.1 Å². The van der Waals surface area contributed by atoms with E-state index in [0.717, 1.165) is 5.57 Å². The van der Waals surface area contributed by atoms with Crippen molar-refractivity contribution in [3.05, 3.63) is 58.4 Å². The Bertz CT molecular complexity index is 606. The van der Waals surface area contributed by atoms with E-state index < -0.39 is 0 Å². The van der Waals surface area contributed by atoms with Crippen LogP contribution in [0.3, 0.4) is 0 Å². The molecular weight excluding hydrogens is 216 g/mol. The number of benzene rings is 1. The summed E-state index contributed by atoms with van der Waals surface area (Å²) in [6, 6.07) is 6.85. The second kappa shape index (κ2) is 3.42. The van der Waals surface area contributed by atoms with Gasteiger partial charge in [0.25, 0.3) is 0 Å². The normalized spacial score (nSPS) is 18.3. The molecule has 1 aliphatic carbocycles. The lowest BCUT2D eigenvalue weighted by Gasteiger charge is -2.23. The molecule has 0 radical (unpaired) electrons. The van der Waals surface area contributed by atoms with E-state index in [1.54, 1.807) is 30.3 Å². The zero-order valence-electron chi connectivity index (χ0n) is 9.32. The number of rotatable bonds is 0. The highest BCUT2D eigenvalue weighted by molar-refractivity contribution is 6.27. The number of hydrogen-bond acceptors (Lipinski definition) is 3. The fraction of sp³-hybridized carbons (Fsp3) is 0.143. The van der Waals surface area contributed by atoms with Gasteiger partial charge in [-0.25, -0.2) is 0 Å². The number of ketones is 2. The predicted octanol–water partition coefficient (Wildman–Crippen LogP) is 2.30. The third-order valence-electron chi connectivity index (χ3n) is 2.95. The van der Waals surface area contributed by atoms with Crippen molar-refractivity contribution < 1.29 is 14.3 Å². The molecule has 0 N–H and O–H groups in total. The number of hydrogen-bond donors (Lipinski definition) is 0. The van der Waals surface area contributed by atoms with E-state index in [-0.39, 0.29) is 17.3 Å². The Hall–Kier alpha value is -2.16. The molecule has 1 heterocycles. The Morgan fingerprint density at radius 1 is 1.06 bits per heavy atom. The smallest absolute Gasteiger partial charge is 0.229 e. The largest absolute Gasteiger partial charge is 0.484 e. The molecule has 0 atom stereocenters. The van der Waals surface area contributed by atoms with Gasteiger partial charge in [0.2, 0.25) is 5.78 Å². The lowest BCUT2D eigenvalue weighted by Crippen LogP contribution is -2.25. The van der Waals surface area contributed by atoms with Crippen molar-refractivity contribution in [1.82, 2.24) is 0 Å². The van der Waals surface area contributed by atoms with Gasteiger partial charge in [-0.3, -0.25) is 9.59 Å². The SMILES string of the molecule is CC1=CC2=C(OC1)C(=O)c1ccccc1C2=O. The molecule has 0 bridgehead atoms. The van der Waals surface area contributed by atoms with Crippen LogP contribution in [-0.4, -0.2) is 18.2 Å². The molecule has 3 nitrogen and oxygen atoms in total. The van der Waals surface area contributed by atoms with Crippen LogP contribution in [0.15, 0.2) is 47.2 Å². The molecule has 0 saturated carbocycles. The Labute approximate surface area is 98.4 Å². The highest BCUT2D eigenvalue weighted by Gasteiger charge is 2.33. The van der Waals surface area contributed by atoms with E-state index in [4.69, 9.17) is 4.74 Å². The van der Waals surface area contributed by atoms with Gasteiger partial charge >= 0.3 is 0 Å². The Balaban J connectivity index is 2.25. The van der Waals surface area contributed by atoms with Crippen LogP contribution in [-0.2, 0) is 4.74 Å². The van der Waals surface area contributed by atoms with E-state index in [2.05, 4.69) is 0 Å². The molecule has 17 heavy (non-hydrogen) atoms. The summed E-state index contributed by atoms with van der Waals surface area (Å²) in [5, 5.41) is 0. The minimum Gasteiger partial charge on any atom is -0.484 e. The fourth-order valence-corrected chi connectivity index (χ4v) is 2.12. The first-order chi connectivity index (χ1) is 8.18. The predicted molar refractivity (Wildman–Crippen MR) is 61.8 cm³/mol. The first-order valence-electron chi connectivity index (χ1n) is 5.41. The van der Waals surface area contributed by atoms with Crippen LogP contribution in [0.25, 0.3) is 0 Å². The molecule has 0 unspecified atom stereocenters. The Morgan fingerprint density at radius 2 is 1.71 bits per heavy atom. The number of Topliss-reactive ketones (excluding diaryl/α,β-unsaturated/α-hetero) is 2. The van der Waals surface area contributed by atoms with Gasteiger partial charge < -0.3 is 4.74 Å². The maximum Gasteiger partial charge on any atom is 0.229 e. The van der Waals surface area contributed by atoms with Gasteiger partial charge in [-0.2, -0.15) is 0 Å². The average molecular weight is 226 g/mol. The van der Waals surface area contributed by atoms with E-state index in [1.807, 2.05) is 6.92 Å². The summed E-state index contributed by atoms with van der Waals surface area (Å²) in [4.78, 5) is 24.3. The van der Waals surface area contributed by atoms with Crippen molar-refractivity contribution >= 4 is 11.6 Å². The summed E-state index contributed by atoms with van der Waals surface area (Å²) in [5.74, 6) is -0.132. The maximum absolute atomic E-state index is 12.2. The molecule has 2 aliphatic rings. The van der Waals surface area contributed by atoms with E-state index in [0.29, 0.717) is 23.3 Å². The van der Waals surface area contributed by atoms with Gasteiger partial charge in [-0.1, -0.05) is 24.3 Å². The van der Waals surface area contributed by atoms with Gasteiger partial charge in [0.15, 0.2) is 11.5 Å². The average Bonchev–Trinajstić information content (AvgIpc) is 2.36. The van der Waals surface area contributed by atoms with Gasteiger partial charge in [0.1, 0.15) is 6.61 Å². The summed E-state index contributed by atoms with van der Waals surface area (Å²) in [7, 11) is 0. The van der Waals surface area contributed by atoms with Gasteiger partial charge in [-0.15, -0.1) is 0 Å². The van der Waals surface area contributed by atoms with Crippen LogP contribution in [0.5, 0.6) is 0 Å². The Kier molecular flexibility index (Phi) is 2.01.